The third-order valence-corrected chi connectivity index (χ3v) is 6.52. The number of nitrogens with zero attached hydrogens (tertiary/aromatic N) is 1. The molecule has 36 heavy (non-hydrogen) atoms. The maximum atomic E-state index is 12.4. The Labute approximate surface area is 206 Å². The largest absolute Gasteiger partial charge is 0.452 e. The molecular formula is C27H28F3N2O4. The Balaban J connectivity index is 1.24. The van der Waals surface area contributed by atoms with Gasteiger partial charge in [0.1, 0.15) is 6.61 Å². The van der Waals surface area contributed by atoms with Gasteiger partial charge in [-0.15, -0.1) is 0 Å². The average molecular weight is 502 g/mol. The molecule has 1 aliphatic carbocycles. The van der Waals surface area contributed by atoms with Gasteiger partial charge in [-0.2, -0.15) is 13.2 Å². The van der Waals surface area contributed by atoms with Crippen LogP contribution in [0.5, 0.6) is 0 Å². The Hall–Kier alpha value is -3.20. The molecule has 1 atom stereocenters. The van der Waals surface area contributed by atoms with E-state index < -0.39 is 24.3 Å². The Bertz CT molecular complexity index is 1200. The molecule has 1 unspecified atom stereocenters. The van der Waals surface area contributed by atoms with Crippen molar-refractivity contribution < 1.29 is 27.2 Å². The zero-order valence-electron chi connectivity index (χ0n) is 19.8. The van der Waals surface area contributed by atoms with Gasteiger partial charge in [0.25, 0.3) is 5.78 Å². The molecule has 0 aliphatic heterocycles. The molecule has 1 saturated carbocycles. The zero-order valence-corrected chi connectivity index (χ0v) is 19.8. The predicted molar refractivity (Wildman–Crippen MR) is 128 cm³/mol. The number of unbranched alkanes of at least 4 members (excludes halogenated alkanes) is 1. The fraction of sp³-hybridized carbons (Fsp3) is 0.407. The lowest BCUT2D eigenvalue weighted by Gasteiger charge is -2.28. The number of hydrogen-bond donors (Lipinski definition) is 1. The molecule has 2 aromatic carbocycles. The molecule has 1 fully saturated rings. The van der Waals surface area contributed by atoms with E-state index in [1.54, 1.807) is 0 Å². The van der Waals surface area contributed by atoms with Gasteiger partial charge in [-0.25, -0.2) is 4.79 Å². The minimum absolute atomic E-state index is 0.386. The first-order valence-corrected chi connectivity index (χ1v) is 12.1. The number of benzene rings is 2. The van der Waals surface area contributed by atoms with Gasteiger partial charge in [-0.3, -0.25) is 14.3 Å². The van der Waals surface area contributed by atoms with Crippen molar-refractivity contribution in [2.75, 3.05) is 6.61 Å². The second kappa shape index (κ2) is 11.7. The molecule has 6 nitrogen and oxygen atoms in total. The summed E-state index contributed by atoms with van der Waals surface area (Å²) in [4.78, 5) is 25.0. The number of alkyl halides is 3. The van der Waals surface area contributed by atoms with Crippen LogP contribution >= 0.6 is 0 Å². The van der Waals surface area contributed by atoms with Crippen LogP contribution in [-0.4, -0.2) is 28.7 Å². The first-order valence-electron chi connectivity index (χ1n) is 12.1. The van der Waals surface area contributed by atoms with Gasteiger partial charge >= 0.3 is 11.9 Å². The van der Waals surface area contributed by atoms with Gasteiger partial charge in [-0.05, 0) is 48.3 Å². The summed E-state index contributed by atoms with van der Waals surface area (Å²) in [7, 11) is 0. The summed E-state index contributed by atoms with van der Waals surface area (Å²) in [6.07, 6.45) is 2.90. The van der Waals surface area contributed by atoms with E-state index in [-0.39, 0.29) is 0 Å². The van der Waals surface area contributed by atoms with Crippen molar-refractivity contribution >= 4 is 5.78 Å². The number of H-pyrrole nitrogens is 1. The molecule has 0 saturated heterocycles. The van der Waals surface area contributed by atoms with E-state index in [2.05, 4.69) is 26.8 Å². The molecule has 4 rings (SSSR count). The number of ketones is 1. The summed E-state index contributed by atoms with van der Waals surface area (Å²) in [5.74, 6) is -1.65. The SMILES string of the molecule is O=C(CO[C]1CCCC(CCCCc2ccc(-c3ccccc3-c3noc(=O)[nH]3)cc2)C1)C(F)(F)F. The van der Waals surface area contributed by atoms with Crippen molar-refractivity contribution in [3.05, 3.63) is 70.7 Å². The van der Waals surface area contributed by atoms with Crippen LogP contribution in [0.1, 0.15) is 50.5 Å². The van der Waals surface area contributed by atoms with Crippen molar-refractivity contribution in [3.8, 4) is 22.5 Å². The van der Waals surface area contributed by atoms with Crippen LogP contribution in [0.25, 0.3) is 22.5 Å². The van der Waals surface area contributed by atoms with Crippen molar-refractivity contribution in [2.24, 2.45) is 5.92 Å². The molecule has 1 N–H and O–H groups in total. The minimum atomic E-state index is -4.84. The van der Waals surface area contributed by atoms with Crippen LogP contribution < -0.4 is 5.76 Å². The number of rotatable bonds is 10. The van der Waals surface area contributed by atoms with Crippen LogP contribution in [0, 0.1) is 12.0 Å². The quantitative estimate of drug-likeness (QED) is 0.331. The van der Waals surface area contributed by atoms with Gasteiger partial charge < -0.3 is 4.74 Å². The standard InChI is InChI=1S/C27H28F3N2O4/c28-27(29,30)24(33)17-35-21-9-5-8-19(16-21)7-2-1-6-18-12-14-20(15-13-18)22-10-3-4-11-23(22)25-31-26(34)36-32-25/h3-4,10-15,19H,1-2,5-9,16-17H2,(H,31,32,34). The van der Waals surface area contributed by atoms with Gasteiger partial charge in [0, 0.05) is 5.56 Å². The zero-order chi connectivity index (χ0) is 25.5. The van der Waals surface area contributed by atoms with E-state index in [1.807, 2.05) is 36.4 Å². The number of Topliss-reactive ketones (excluding diaryl/α,β-unsaturated/α-hetero) is 1. The van der Waals surface area contributed by atoms with Gasteiger partial charge in [0.2, 0.25) is 0 Å². The molecule has 0 bridgehead atoms. The fourth-order valence-electron chi connectivity index (χ4n) is 4.64. The number of hydrogen-bond acceptors (Lipinski definition) is 5. The van der Waals surface area contributed by atoms with Crippen LogP contribution in [0.4, 0.5) is 13.2 Å². The Morgan fingerprint density at radius 2 is 1.83 bits per heavy atom. The molecule has 1 heterocycles. The van der Waals surface area contributed by atoms with Crippen LogP contribution in [-0.2, 0) is 16.0 Å². The summed E-state index contributed by atoms with van der Waals surface area (Å²) >= 11 is 0. The molecule has 3 aromatic rings. The highest BCUT2D eigenvalue weighted by atomic mass is 19.4. The van der Waals surface area contributed by atoms with E-state index in [9.17, 15) is 22.8 Å². The number of aromatic nitrogens is 2. The highest BCUT2D eigenvalue weighted by molar-refractivity contribution is 5.85. The van der Waals surface area contributed by atoms with Crippen molar-refractivity contribution in [2.45, 2.75) is 57.5 Å². The lowest BCUT2D eigenvalue weighted by molar-refractivity contribution is -0.175. The number of aryl methyl sites for hydroxylation is 1. The summed E-state index contributed by atoms with van der Waals surface area (Å²) in [5.41, 5.74) is 3.95. The van der Waals surface area contributed by atoms with Crippen molar-refractivity contribution in [3.63, 3.8) is 0 Å². The summed E-state index contributed by atoms with van der Waals surface area (Å²) < 4.78 is 46.9. The maximum Gasteiger partial charge on any atom is 0.452 e. The fourth-order valence-corrected chi connectivity index (χ4v) is 4.64. The molecule has 9 heteroatoms. The van der Waals surface area contributed by atoms with Gasteiger partial charge in [-0.1, -0.05) is 79.4 Å². The van der Waals surface area contributed by atoms with Gasteiger partial charge in [0.05, 0.1) is 6.10 Å². The monoisotopic (exact) mass is 501 g/mol. The molecule has 0 spiro atoms. The Morgan fingerprint density at radius 3 is 2.53 bits per heavy atom. The van der Waals surface area contributed by atoms with Crippen LogP contribution in [0.2, 0.25) is 0 Å². The number of nitrogens with one attached hydrogen (secondary N) is 1. The molecule has 1 aliphatic rings. The van der Waals surface area contributed by atoms with E-state index in [0.29, 0.717) is 30.7 Å². The molecule has 1 radical (unpaired) electrons. The van der Waals surface area contributed by atoms with Crippen molar-refractivity contribution in [1.82, 2.24) is 10.1 Å². The van der Waals surface area contributed by atoms with Gasteiger partial charge in [0.15, 0.2) is 5.82 Å². The molecule has 0 amide bonds. The topological polar surface area (TPSA) is 85.2 Å². The highest BCUT2D eigenvalue weighted by Gasteiger charge is 2.38. The maximum absolute atomic E-state index is 12.4. The smallest absolute Gasteiger partial charge is 0.364 e. The normalized spacial score (nSPS) is 16.8. The number of aromatic amines is 1. The van der Waals surface area contributed by atoms with E-state index in [1.165, 1.54) is 5.56 Å². The molecule has 191 valence electrons. The third-order valence-electron chi connectivity index (χ3n) is 6.52. The number of ether oxygens (including phenoxy) is 1. The van der Waals surface area contributed by atoms with Crippen LogP contribution in [0.3, 0.4) is 0 Å². The minimum Gasteiger partial charge on any atom is -0.364 e. The molecule has 1 aromatic heterocycles. The summed E-state index contributed by atoms with van der Waals surface area (Å²) in [6, 6.07) is 15.9. The Morgan fingerprint density at radius 1 is 1.08 bits per heavy atom. The Kier molecular flexibility index (Phi) is 8.40. The first-order chi connectivity index (χ1) is 17.3. The van der Waals surface area contributed by atoms with E-state index in [0.717, 1.165) is 55.2 Å². The second-order valence-corrected chi connectivity index (χ2v) is 9.14. The first kappa shape index (κ1) is 25.9. The summed E-state index contributed by atoms with van der Waals surface area (Å²) in [6.45, 7) is -0.914. The van der Waals surface area contributed by atoms with Crippen molar-refractivity contribution in [1.29, 1.82) is 0 Å². The summed E-state index contributed by atoms with van der Waals surface area (Å²) in [5, 5.41) is 3.80. The number of halogens is 3. The third kappa shape index (κ3) is 6.94. The highest BCUT2D eigenvalue weighted by Crippen LogP contribution is 2.35. The lowest BCUT2D eigenvalue weighted by Crippen LogP contribution is -2.29. The predicted octanol–water partition coefficient (Wildman–Crippen LogP) is 6.28. The van der Waals surface area contributed by atoms with E-state index in [4.69, 9.17) is 4.74 Å². The van der Waals surface area contributed by atoms with E-state index >= 15 is 0 Å². The average Bonchev–Trinajstić information content (AvgIpc) is 3.31. The lowest BCUT2D eigenvalue weighted by atomic mass is 9.83. The number of carbonyl (C=O) groups is 1. The second-order valence-electron chi connectivity index (χ2n) is 9.14. The number of carbonyl (C=O) groups excluding carboxylic acids is 1. The molecular weight excluding hydrogens is 473 g/mol. The van der Waals surface area contributed by atoms with Crippen LogP contribution in [0.15, 0.2) is 57.8 Å².